The van der Waals surface area contributed by atoms with Crippen molar-refractivity contribution in [1.29, 1.82) is 5.26 Å². The Morgan fingerprint density at radius 3 is 2.51 bits per heavy atom. The number of carbonyl (C=O) groups excluding carboxylic acids is 1. The Morgan fingerprint density at radius 2 is 1.85 bits per heavy atom. The Morgan fingerprint density at radius 1 is 1.15 bits per heavy atom. The summed E-state index contributed by atoms with van der Waals surface area (Å²) in [7, 11) is 0. The molecule has 0 unspecified atom stereocenters. The normalized spacial score (nSPS) is 15.2. The second-order valence-corrected chi connectivity index (χ2v) is 11.3. The monoisotopic (exact) mass is 538 g/mol. The van der Waals surface area contributed by atoms with Gasteiger partial charge in [0.15, 0.2) is 11.6 Å². The Balaban J connectivity index is 1.42. The molecule has 0 bridgehead atoms. The van der Waals surface area contributed by atoms with E-state index >= 15 is 0 Å². The number of aromatic nitrogens is 2. The van der Waals surface area contributed by atoms with E-state index in [0.717, 1.165) is 37.8 Å². The van der Waals surface area contributed by atoms with Gasteiger partial charge < -0.3 is 14.4 Å². The summed E-state index contributed by atoms with van der Waals surface area (Å²) in [6.07, 6.45) is 4.52. The molecule has 0 N–H and O–H groups in total. The SMILES string of the molecule is CC1(CCCn2cnc3ccc(Oc4c(F)ccc(F)c4C#N)cc3c2=O)CCN(C(=O)OC(C)(C)C)CC1. The van der Waals surface area contributed by atoms with E-state index in [-0.39, 0.29) is 28.2 Å². The van der Waals surface area contributed by atoms with Crippen LogP contribution in [0.4, 0.5) is 13.6 Å². The third-order valence-electron chi connectivity index (χ3n) is 6.99. The smallest absolute Gasteiger partial charge is 0.410 e. The summed E-state index contributed by atoms with van der Waals surface area (Å²) in [6, 6.07) is 7.80. The van der Waals surface area contributed by atoms with E-state index in [1.54, 1.807) is 17.0 Å². The van der Waals surface area contributed by atoms with Crippen LogP contribution in [0.5, 0.6) is 11.5 Å². The van der Waals surface area contributed by atoms with Gasteiger partial charge in [-0.1, -0.05) is 6.92 Å². The van der Waals surface area contributed by atoms with Gasteiger partial charge in [0.25, 0.3) is 5.56 Å². The van der Waals surface area contributed by atoms with Gasteiger partial charge >= 0.3 is 6.09 Å². The molecule has 1 aliphatic rings. The van der Waals surface area contributed by atoms with E-state index < -0.39 is 28.5 Å². The fourth-order valence-corrected chi connectivity index (χ4v) is 4.70. The van der Waals surface area contributed by atoms with E-state index in [9.17, 15) is 23.6 Å². The number of aryl methyl sites for hydroxylation is 1. The minimum atomic E-state index is -0.900. The molecule has 1 saturated heterocycles. The predicted molar refractivity (Wildman–Crippen MR) is 142 cm³/mol. The first kappa shape index (κ1) is 28.0. The van der Waals surface area contributed by atoms with E-state index in [1.807, 2.05) is 20.8 Å². The number of halogens is 2. The van der Waals surface area contributed by atoms with Crippen LogP contribution in [0.3, 0.4) is 0 Å². The Bertz CT molecular complexity index is 1480. The number of nitrogens with zero attached hydrogens (tertiary/aromatic N) is 4. The number of hydrogen-bond acceptors (Lipinski definition) is 6. The number of rotatable bonds is 6. The van der Waals surface area contributed by atoms with Gasteiger partial charge in [0.05, 0.1) is 17.2 Å². The lowest BCUT2D eigenvalue weighted by atomic mass is 9.77. The highest BCUT2D eigenvalue weighted by Gasteiger charge is 2.33. The summed E-state index contributed by atoms with van der Waals surface area (Å²) in [5.74, 6) is -2.23. The fourth-order valence-electron chi connectivity index (χ4n) is 4.70. The molecule has 0 aliphatic carbocycles. The number of ether oxygens (including phenoxy) is 2. The average Bonchev–Trinajstić information content (AvgIpc) is 2.87. The molecule has 2 aromatic carbocycles. The summed E-state index contributed by atoms with van der Waals surface area (Å²) in [5.41, 5.74) is -0.882. The molecule has 0 atom stereocenters. The van der Waals surface area contributed by atoms with Crippen molar-refractivity contribution >= 4 is 17.0 Å². The van der Waals surface area contributed by atoms with E-state index in [2.05, 4.69) is 11.9 Å². The first-order valence-electron chi connectivity index (χ1n) is 12.9. The third-order valence-corrected chi connectivity index (χ3v) is 6.99. The maximum absolute atomic E-state index is 14.3. The second-order valence-electron chi connectivity index (χ2n) is 11.3. The highest BCUT2D eigenvalue weighted by Crippen LogP contribution is 2.36. The summed E-state index contributed by atoms with van der Waals surface area (Å²) >= 11 is 0. The standard InChI is InChI=1S/C29H32F2N4O4/c1-28(2,3)39-27(37)34-14-11-29(4,12-15-34)10-5-13-35-18-33-24-9-6-19(16-20(24)26(35)36)38-25-21(17-32)22(30)7-8-23(25)31/h6-9,16,18H,5,10-15H2,1-4H3. The van der Waals surface area contributed by atoms with Crippen LogP contribution in [0.2, 0.25) is 0 Å². The molecular weight excluding hydrogens is 506 g/mol. The molecule has 1 aromatic heterocycles. The van der Waals surface area contributed by atoms with Gasteiger partial charge in [-0.15, -0.1) is 0 Å². The molecule has 10 heteroatoms. The van der Waals surface area contributed by atoms with Crippen molar-refractivity contribution in [3.05, 3.63) is 64.2 Å². The highest BCUT2D eigenvalue weighted by atomic mass is 19.1. The summed E-state index contributed by atoms with van der Waals surface area (Å²) in [6.45, 7) is 9.47. The van der Waals surface area contributed by atoms with E-state index in [4.69, 9.17) is 9.47 Å². The minimum absolute atomic E-state index is 0.0425. The van der Waals surface area contributed by atoms with Crippen molar-refractivity contribution in [3.63, 3.8) is 0 Å². The first-order valence-corrected chi connectivity index (χ1v) is 12.9. The van der Waals surface area contributed by atoms with Crippen molar-refractivity contribution in [2.75, 3.05) is 13.1 Å². The zero-order valence-corrected chi connectivity index (χ0v) is 22.6. The largest absolute Gasteiger partial charge is 0.453 e. The fraction of sp³-hybridized carbons (Fsp3) is 0.448. The van der Waals surface area contributed by atoms with Gasteiger partial charge in [-0.25, -0.2) is 18.6 Å². The topological polar surface area (TPSA) is 97.5 Å². The summed E-state index contributed by atoms with van der Waals surface area (Å²) < 4.78 is 40.7. The van der Waals surface area contributed by atoms with Gasteiger partial charge in [-0.2, -0.15) is 5.26 Å². The number of piperidine rings is 1. The number of carbonyl (C=O) groups is 1. The van der Waals surface area contributed by atoms with Crippen LogP contribution in [0.25, 0.3) is 10.9 Å². The lowest BCUT2D eigenvalue weighted by molar-refractivity contribution is 0.0108. The van der Waals surface area contributed by atoms with Crippen molar-refractivity contribution in [1.82, 2.24) is 14.5 Å². The van der Waals surface area contributed by atoms with Crippen molar-refractivity contribution in [2.24, 2.45) is 5.41 Å². The minimum Gasteiger partial charge on any atom is -0.453 e. The van der Waals surface area contributed by atoms with Crippen LogP contribution < -0.4 is 10.3 Å². The lowest BCUT2D eigenvalue weighted by Crippen LogP contribution is -2.44. The van der Waals surface area contributed by atoms with Gasteiger partial charge in [0.2, 0.25) is 0 Å². The Labute approximate surface area is 225 Å². The molecule has 39 heavy (non-hydrogen) atoms. The van der Waals surface area contributed by atoms with E-state index in [0.29, 0.717) is 25.2 Å². The summed E-state index contributed by atoms with van der Waals surface area (Å²) in [5, 5.41) is 9.47. The number of fused-ring (bicyclic) bond motifs is 1. The van der Waals surface area contributed by atoms with Gasteiger partial charge in [0.1, 0.15) is 28.8 Å². The van der Waals surface area contributed by atoms with Crippen molar-refractivity contribution in [3.8, 4) is 17.6 Å². The quantitative estimate of drug-likeness (QED) is 0.373. The molecule has 1 fully saturated rings. The maximum atomic E-state index is 14.3. The molecule has 8 nitrogen and oxygen atoms in total. The molecule has 0 saturated carbocycles. The van der Waals surface area contributed by atoms with Crippen LogP contribution >= 0.6 is 0 Å². The van der Waals surface area contributed by atoms with Crippen LogP contribution in [-0.4, -0.2) is 39.2 Å². The molecular formula is C29H32F2N4O4. The van der Waals surface area contributed by atoms with Gasteiger partial charge in [-0.3, -0.25) is 9.36 Å². The van der Waals surface area contributed by atoms with Crippen LogP contribution in [0.1, 0.15) is 58.9 Å². The molecule has 1 aliphatic heterocycles. The molecule has 0 radical (unpaired) electrons. The zero-order valence-electron chi connectivity index (χ0n) is 22.6. The molecule has 2 heterocycles. The molecule has 1 amide bonds. The average molecular weight is 539 g/mol. The predicted octanol–water partition coefficient (Wildman–Crippen LogP) is 6.16. The van der Waals surface area contributed by atoms with Crippen LogP contribution in [0, 0.1) is 28.4 Å². The second kappa shape index (κ2) is 11.0. The number of likely N-dealkylation sites (tertiary alicyclic amines) is 1. The van der Waals surface area contributed by atoms with Crippen LogP contribution in [0.15, 0.2) is 41.5 Å². The maximum Gasteiger partial charge on any atom is 0.410 e. The Kier molecular flexibility index (Phi) is 7.91. The molecule has 206 valence electrons. The molecule has 4 rings (SSSR count). The zero-order chi connectivity index (χ0) is 28.4. The number of nitriles is 1. The lowest BCUT2D eigenvalue weighted by Gasteiger charge is -2.40. The third kappa shape index (κ3) is 6.53. The van der Waals surface area contributed by atoms with Crippen molar-refractivity contribution in [2.45, 2.75) is 65.5 Å². The van der Waals surface area contributed by atoms with Crippen molar-refractivity contribution < 1.29 is 23.0 Å². The number of hydrogen-bond donors (Lipinski definition) is 0. The first-order chi connectivity index (χ1) is 18.4. The highest BCUT2D eigenvalue weighted by molar-refractivity contribution is 5.79. The van der Waals surface area contributed by atoms with Crippen LogP contribution in [-0.2, 0) is 11.3 Å². The summed E-state index contributed by atoms with van der Waals surface area (Å²) in [4.78, 5) is 31.7. The molecule has 3 aromatic rings. The van der Waals surface area contributed by atoms with E-state index in [1.165, 1.54) is 23.0 Å². The number of amides is 1. The Hall–Kier alpha value is -4.00. The van der Waals surface area contributed by atoms with Gasteiger partial charge in [0, 0.05) is 19.6 Å². The van der Waals surface area contributed by atoms with Gasteiger partial charge in [-0.05, 0) is 82.2 Å². The number of benzene rings is 2. The molecule has 0 spiro atoms.